The van der Waals surface area contributed by atoms with Crippen LogP contribution in [0.1, 0.15) is 43.0 Å². The molecule has 1 aromatic rings. The van der Waals surface area contributed by atoms with Gasteiger partial charge in [-0.3, -0.25) is 0 Å². The van der Waals surface area contributed by atoms with Crippen LogP contribution < -0.4 is 4.90 Å². The van der Waals surface area contributed by atoms with E-state index in [4.69, 9.17) is 5.11 Å². The summed E-state index contributed by atoms with van der Waals surface area (Å²) in [6.45, 7) is 7.79. The van der Waals surface area contributed by atoms with Gasteiger partial charge in [0, 0.05) is 18.8 Å². The van der Waals surface area contributed by atoms with Crippen molar-refractivity contribution in [2.45, 2.75) is 32.6 Å². The molecule has 116 valence electrons. The fourth-order valence-electron chi connectivity index (χ4n) is 2.95. The van der Waals surface area contributed by atoms with Crippen molar-refractivity contribution in [3.63, 3.8) is 0 Å². The Bertz CT molecular complexity index is 439. The maximum atomic E-state index is 10.9. The average molecular weight is 290 g/mol. The van der Waals surface area contributed by atoms with E-state index in [9.17, 15) is 4.79 Å². The Morgan fingerprint density at radius 3 is 2.43 bits per heavy atom. The van der Waals surface area contributed by atoms with Crippen LogP contribution in [0, 0.1) is 0 Å². The molecule has 1 aromatic carbocycles. The van der Waals surface area contributed by atoms with Gasteiger partial charge in [-0.1, -0.05) is 6.42 Å². The summed E-state index contributed by atoms with van der Waals surface area (Å²) < 4.78 is 0. The average Bonchev–Trinajstić information content (AvgIpc) is 2.53. The number of benzene rings is 1. The second-order valence-corrected chi connectivity index (χ2v) is 5.69. The minimum absolute atomic E-state index is 0.350. The quantitative estimate of drug-likeness (QED) is 0.838. The van der Waals surface area contributed by atoms with Crippen molar-refractivity contribution in [1.82, 2.24) is 4.90 Å². The topological polar surface area (TPSA) is 43.8 Å². The van der Waals surface area contributed by atoms with Gasteiger partial charge >= 0.3 is 5.97 Å². The maximum absolute atomic E-state index is 10.9. The molecule has 0 amide bonds. The number of carboxylic acid groups (broad SMARTS) is 1. The summed E-state index contributed by atoms with van der Waals surface area (Å²) in [6.07, 6.45) is 5.23. The number of carboxylic acids is 1. The minimum Gasteiger partial charge on any atom is -0.478 e. The van der Waals surface area contributed by atoms with E-state index in [0.717, 1.165) is 25.2 Å². The van der Waals surface area contributed by atoms with Gasteiger partial charge < -0.3 is 14.9 Å². The van der Waals surface area contributed by atoms with Crippen molar-refractivity contribution in [3.05, 3.63) is 29.8 Å². The van der Waals surface area contributed by atoms with Gasteiger partial charge in [0.05, 0.1) is 5.56 Å². The van der Waals surface area contributed by atoms with E-state index in [1.54, 1.807) is 12.1 Å². The highest BCUT2D eigenvalue weighted by Gasteiger charge is 2.11. The Morgan fingerprint density at radius 1 is 1.19 bits per heavy atom. The molecule has 0 unspecified atom stereocenters. The number of hydrogen-bond acceptors (Lipinski definition) is 3. The summed E-state index contributed by atoms with van der Waals surface area (Å²) in [5, 5.41) is 8.94. The number of piperidine rings is 1. The van der Waals surface area contributed by atoms with Crippen molar-refractivity contribution < 1.29 is 9.90 Å². The first-order chi connectivity index (χ1) is 10.2. The van der Waals surface area contributed by atoms with Crippen molar-refractivity contribution in [2.24, 2.45) is 0 Å². The molecule has 21 heavy (non-hydrogen) atoms. The number of nitrogens with zero attached hydrogens (tertiary/aromatic N) is 2. The Hall–Kier alpha value is -1.55. The normalized spacial score (nSPS) is 15.9. The Labute approximate surface area is 127 Å². The molecule has 0 bridgehead atoms. The van der Waals surface area contributed by atoms with E-state index in [-0.39, 0.29) is 0 Å². The molecular weight excluding hydrogens is 264 g/mol. The second-order valence-electron chi connectivity index (χ2n) is 5.69. The van der Waals surface area contributed by atoms with Crippen molar-refractivity contribution in [2.75, 3.05) is 37.6 Å². The fourth-order valence-corrected chi connectivity index (χ4v) is 2.95. The first-order valence-electron chi connectivity index (χ1n) is 8.01. The summed E-state index contributed by atoms with van der Waals surface area (Å²) in [7, 11) is 0. The third kappa shape index (κ3) is 4.74. The number of likely N-dealkylation sites (tertiary alicyclic amines) is 1. The Balaban J connectivity index is 1.82. The van der Waals surface area contributed by atoms with Gasteiger partial charge in [0.2, 0.25) is 0 Å². The van der Waals surface area contributed by atoms with Crippen LogP contribution in [0.3, 0.4) is 0 Å². The number of anilines is 1. The molecule has 1 heterocycles. The van der Waals surface area contributed by atoms with E-state index < -0.39 is 5.97 Å². The van der Waals surface area contributed by atoms with Gasteiger partial charge in [-0.15, -0.1) is 0 Å². The number of carbonyl (C=O) groups is 1. The van der Waals surface area contributed by atoms with Gasteiger partial charge in [0.15, 0.2) is 0 Å². The molecule has 1 saturated heterocycles. The van der Waals surface area contributed by atoms with Crippen molar-refractivity contribution >= 4 is 11.7 Å². The lowest BCUT2D eigenvalue weighted by Crippen LogP contribution is -2.33. The largest absolute Gasteiger partial charge is 0.478 e. The molecule has 0 atom stereocenters. The lowest BCUT2D eigenvalue weighted by Gasteiger charge is -2.28. The van der Waals surface area contributed by atoms with Gasteiger partial charge in [-0.25, -0.2) is 4.79 Å². The van der Waals surface area contributed by atoms with Gasteiger partial charge in [-0.2, -0.15) is 0 Å². The highest BCUT2D eigenvalue weighted by molar-refractivity contribution is 5.88. The smallest absolute Gasteiger partial charge is 0.335 e. The summed E-state index contributed by atoms with van der Waals surface area (Å²) >= 11 is 0. The zero-order valence-corrected chi connectivity index (χ0v) is 12.9. The molecule has 1 fully saturated rings. The summed E-state index contributed by atoms with van der Waals surface area (Å²) in [5.74, 6) is -0.866. The molecule has 2 rings (SSSR count). The molecule has 0 radical (unpaired) electrons. The maximum Gasteiger partial charge on any atom is 0.335 e. The number of aromatic carboxylic acids is 1. The van der Waals surface area contributed by atoms with Crippen LogP contribution in [0.5, 0.6) is 0 Å². The lowest BCUT2D eigenvalue weighted by molar-refractivity contribution is 0.0697. The first kappa shape index (κ1) is 15.8. The standard InChI is InChI=1S/C17H26N2O2/c1-2-19(14-6-13-18-11-4-3-5-12-18)16-9-7-15(8-10-16)17(20)21/h7-10H,2-6,11-14H2,1H3,(H,20,21). The van der Waals surface area contributed by atoms with E-state index >= 15 is 0 Å². The predicted molar refractivity (Wildman–Crippen MR) is 86.2 cm³/mol. The van der Waals surface area contributed by atoms with Crippen LogP contribution in [0.4, 0.5) is 5.69 Å². The van der Waals surface area contributed by atoms with Crippen molar-refractivity contribution in [1.29, 1.82) is 0 Å². The molecule has 1 aliphatic heterocycles. The zero-order chi connectivity index (χ0) is 15.1. The zero-order valence-electron chi connectivity index (χ0n) is 12.9. The van der Waals surface area contributed by atoms with Gasteiger partial charge in [0.25, 0.3) is 0 Å². The van der Waals surface area contributed by atoms with E-state index in [1.807, 2.05) is 12.1 Å². The molecule has 0 aromatic heterocycles. The highest BCUT2D eigenvalue weighted by Crippen LogP contribution is 2.16. The van der Waals surface area contributed by atoms with Crippen LogP contribution in [-0.2, 0) is 0 Å². The summed E-state index contributed by atoms with van der Waals surface area (Å²) in [6, 6.07) is 7.19. The molecule has 0 spiro atoms. The Morgan fingerprint density at radius 2 is 1.86 bits per heavy atom. The van der Waals surface area contributed by atoms with Crippen LogP contribution in [-0.4, -0.2) is 48.7 Å². The van der Waals surface area contributed by atoms with Crippen molar-refractivity contribution in [3.8, 4) is 0 Å². The predicted octanol–water partition coefficient (Wildman–Crippen LogP) is 3.09. The Kier molecular flexibility index (Phi) is 6.05. The highest BCUT2D eigenvalue weighted by atomic mass is 16.4. The van der Waals surface area contributed by atoms with Gasteiger partial charge in [0.1, 0.15) is 0 Å². The number of rotatable bonds is 7. The molecular formula is C17H26N2O2. The van der Waals surface area contributed by atoms with Gasteiger partial charge in [-0.05, 0) is 70.1 Å². The first-order valence-corrected chi connectivity index (χ1v) is 8.01. The summed E-state index contributed by atoms with van der Waals surface area (Å²) in [4.78, 5) is 15.8. The third-order valence-electron chi connectivity index (χ3n) is 4.21. The molecule has 4 nitrogen and oxygen atoms in total. The van der Waals surface area contributed by atoms with Crippen LogP contribution in [0.2, 0.25) is 0 Å². The number of hydrogen-bond donors (Lipinski definition) is 1. The van der Waals surface area contributed by atoms with E-state index in [2.05, 4.69) is 16.7 Å². The SMILES string of the molecule is CCN(CCCN1CCCCC1)c1ccc(C(=O)O)cc1. The molecule has 1 N–H and O–H groups in total. The van der Waals surface area contributed by atoms with Crippen LogP contribution in [0.15, 0.2) is 24.3 Å². The lowest BCUT2D eigenvalue weighted by atomic mass is 10.1. The van der Waals surface area contributed by atoms with E-state index in [1.165, 1.54) is 38.9 Å². The monoisotopic (exact) mass is 290 g/mol. The van der Waals surface area contributed by atoms with Crippen LogP contribution in [0.25, 0.3) is 0 Å². The summed E-state index contributed by atoms with van der Waals surface area (Å²) in [5.41, 5.74) is 1.46. The molecule has 4 heteroatoms. The molecule has 0 saturated carbocycles. The van der Waals surface area contributed by atoms with E-state index in [0.29, 0.717) is 5.56 Å². The van der Waals surface area contributed by atoms with Crippen LogP contribution >= 0.6 is 0 Å². The minimum atomic E-state index is -0.866. The molecule has 1 aliphatic rings. The fraction of sp³-hybridized carbons (Fsp3) is 0.588. The second kappa shape index (κ2) is 8.03. The third-order valence-corrected chi connectivity index (χ3v) is 4.21. The molecule has 0 aliphatic carbocycles.